The van der Waals surface area contributed by atoms with Crippen LogP contribution < -0.4 is 4.90 Å². The first kappa shape index (κ1) is 17.4. The van der Waals surface area contributed by atoms with E-state index >= 15 is 0 Å². The van der Waals surface area contributed by atoms with Crippen molar-refractivity contribution in [3.63, 3.8) is 0 Å². The van der Waals surface area contributed by atoms with Gasteiger partial charge in [-0.3, -0.25) is 9.59 Å². The molecule has 2 aliphatic heterocycles. The first-order valence-corrected chi connectivity index (χ1v) is 10.5. The lowest BCUT2D eigenvalue weighted by Gasteiger charge is -2.23. The number of fused-ring (bicyclic) bond motifs is 2. The van der Waals surface area contributed by atoms with E-state index < -0.39 is 0 Å². The highest BCUT2D eigenvalue weighted by Crippen LogP contribution is 2.38. The zero-order chi connectivity index (χ0) is 19.3. The monoisotopic (exact) mass is 391 g/mol. The van der Waals surface area contributed by atoms with Gasteiger partial charge in [-0.15, -0.1) is 11.3 Å². The lowest BCUT2D eigenvalue weighted by molar-refractivity contribution is -0.116. The van der Waals surface area contributed by atoms with Crippen molar-refractivity contribution in [1.82, 2.24) is 9.88 Å². The molecule has 1 unspecified atom stereocenters. The minimum Gasteiger partial charge on any atom is -0.329 e. The summed E-state index contributed by atoms with van der Waals surface area (Å²) in [5.41, 5.74) is 3.73. The molecule has 0 radical (unpaired) electrons. The molecule has 5 rings (SSSR count). The summed E-state index contributed by atoms with van der Waals surface area (Å²) < 4.78 is 1.17. The normalized spacial score (nSPS) is 18.7. The maximum Gasteiger partial charge on any atom is 0.254 e. The van der Waals surface area contributed by atoms with Gasteiger partial charge in [-0.2, -0.15) is 0 Å². The van der Waals surface area contributed by atoms with Gasteiger partial charge < -0.3 is 9.80 Å². The molecule has 0 bridgehead atoms. The minimum atomic E-state index is 0.0480. The van der Waals surface area contributed by atoms with Crippen LogP contribution in [0.4, 0.5) is 5.69 Å². The second-order valence-corrected chi connectivity index (χ2v) is 8.50. The van der Waals surface area contributed by atoms with Crippen LogP contribution in [0.3, 0.4) is 0 Å². The molecule has 0 spiro atoms. The maximum atomic E-state index is 13.3. The molecule has 2 amide bonds. The van der Waals surface area contributed by atoms with Gasteiger partial charge in [-0.25, -0.2) is 4.98 Å². The third-order valence-corrected chi connectivity index (χ3v) is 6.85. The SMILES string of the molecule is CC(=O)N1CCc2cc(C(=O)N3CCCC3c3nc4ccccc4s3)ccc21. The maximum absolute atomic E-state index is 13.3. The summed E-state index contributed by atoms with van der Waals surface area (Å²) in [6.45, 7) is 3.04. The lowest BCUT2D eigenvalue weighted by atomic mass is 10.1. The second kappa shape index (κ2) is 6.71. The Bertz CT molecular complexity index is 1060. The van der Waals surface area contributed by atoms with Crippen LogP contribution in [0, 0.1) is 0 Å². The van der Waals surface area contributed by atoms with E-state index in [9.17, 15) is 9.59 Å². The number of benzene rings is 2. The number of likely N-dealkylation sites (tertiary alicyclic amines) is 1. The van der Waals surface area contributed by atoms with Gasteiger partial charge in [0, 0.05) is 31.3 Å². The first-order valence-electron chi connectivity index (χ1n) is 9.69. The molecule has 0 aliphatic carbocycles. The molecule has 3 aromatic rings. The van der Waals surface area contributed by atoms with Crippen LogP contribution in [0.5, 0.6) is 0 Å². The molecule has 1 fully saturated rings. The average Bonchev–Trinajstić information content (AvgIpc) is 3.43. The quantitative estimate of drug-likeness (QED) is 0.658. The number of nitrogens with zero attached hydrogens (tertiary/aromatic N) is 3. The van der Waals surface area contributed by atoms with Crippen molar-refractivity contribution in [2.75, 3.05) is 18.0 Å². The number of amides is 2. The summed E-state index contributed by atoms with van der Waals surface area (Å²) in [5, 5.41) is 1.02. The zero-order valence-electron chi connectivity index (χ0n) is 15.7. The van der Waals surface area contributed by atoms with E-state index in [0.29, 0.717) is 12.1 Å². The van der Waals surface area contributed by atoms with E-state index in [-0.39, 0.29) is 17.9 Å². The van der Waals surface area contributed by atoms with E-state index in [0.717, 1.165) is 47.6 Å². The van der Waals surface area contributed by atoms with Crippen LogP contribution in [0.15, 0.2) is 42.5 Å². The van der Waals surface area contributed by atoms with Crippen LogP contribution in [0.1, 0.15) is 46.7 Å². The first-order chi connectivity index (χ1) is 13.6. The molecule has 0 saturated carbocycles. The van der Waals surface area contributed by atoms with E-state index in [1.807, 2.05) is 41.3 Å². The fourth-order valence-electron chi connectivity index (χ4n) is 4.33. The minimum absolute atomic E-state index is 0.0480. The zero-order valence-corrected chi connectivity index (χ0v) is 16.5. The van der Waals surface area contributed by atoms with Crippen LogP contribution in [-0.4, -0.2) is 34.8 Å². The Kier molecular flexibility index (Phi) is 4.16. The van der Waals surface area contributed by atoms with Gasteiger partial charge in [0.1, 0.15) is 5.01 Å². The summed E-state index contributed by atoms with van der Waals surface area (Å²) in [5.74, 6) is 0.110. The van der Waals surface area contributed by atoms with Crippen molar-refractivity contribution >= 4 is 39.1 Å². The van der Waals surface area contributed by atoms with Crippen molar-refractivity contribution in [2.24, 2.45) is 0 Å². The number of anilines is 1. The number of carbonyl (C=O) groups excluding carboxylic acids is 2. The van der Waals surface area contributed by atoms with Gasteiger partial charge in [-0.05, 0) is 55.2 Å². The van der Waals surface area contributed by atoms with Gasteiger partial charge in [-0.1, -0.05) is 12.1 Å². The Hall–Kier alpha value is -2.73. The summed E-state index contributed by atoms with van der Waals surface area (Å²) in [4.78, 5) is 33.6. The fourth-order valence-corrected chi connectivity index (χ4v) is 5.44. The van der Waals surface area contributed by atoms with Gasteiger partial charge in [0.05, 0.1) is 16.3 Å². The van der Waals surface area contributed by atoms with Gasteiger partial charge in [0.15, 0.2) is 0 Å². The Morgan fingerprint density at radius 1 is 1.14 bits per heavy atom. The smallest absolute Gasteiger partial charge is 0.254 e. The molecule has 3 heterocycles. The molecule has 1 aromatic heterocycles. The molecule has 142 valence electrons. The number of aromatic nitrogens is 1. The Labute approximate surface area is 167 Å². The molecule has 1 atom stereocenters. The highest BCUT2D eigenvalue weighted by atomic mass is 32.1. The topological polar surface area (TPSA) is 53.5 Å². The number of hydrogen-bond acceptors (Lipinski definition) is 4. The fraction of sp³-hybridized carbons (Fsp3) is 0.318. The van der Waals surface area contributed by atoms with E-state index in [1.165, 1.54) is 4.70 Å². The molecule has 28 heavy (non-hydrogen) atoms. The third-order valence-electron chi connectivity index (χ3n) is 5.71. The molecule has 2 aliphatic rings. The molecule has 5 nitrogen and oxygen atoms in total. The van der Waals surface area contributed by atoms with Crippen molar-refractivity contribution in [3.05, 3.63) is 58.6 Å². The van der Waals surface area contributed by atoms with E-state index in [1.54, 1.807) is 23.2 Å². The van der Waals surface area contributed by atoms with Crippen molar-refractivity contribution < 1.29 is 9.59 Å². The average molecular weight is 391 g/mol. The van der Waals surface area contributed by atoms with Crippen molar-refractivity contribution in [2.45, 2.75) is 32.2 Å². The van der Waals surface area contributed by atoms with Crippen molar-refractivity contribution in [1.29, 1.82) is 0 Å². The van der Waals surface area contributed by atoms with Crippen LogP contribution in [-0.2, 0) is 11.2 Å². The number of rotatable bonds is 2. The molecule has 1 saturated heterocycles. The Morgan fingerprint density at radius 2 is 2.00 bits per heavy atom. The lowest BCUT2D eigenvalue weighted by Crippen LogP contribution is -2.30. The standard InChI is InChI=1S/C22H21N3O2S/c1-14(26)24-12-10-15-13-16(8-9-18(15)24)22(27)25-11-4-6-19(25)21-23-17-5-2-3-7-20(17)28-21/h2-3,5,7-9,13,19H,4,6,10-12H2,1H3. The Morgan fingerprint density at radius 3 is 2.82 bits per heavy atom. The summed E-state index contributed by atoms with van der Waals surface area (Å²) in [6, 6.07) is 13.9. The summed E-state index contributed by atoms with van der Waals surface area (Å²) in [6.07, 6.45) is 2.75. The van der Waals surface area contributed by atoms with Crippen LogP contribution >= 0.6 is 11.3 Å². The van der Waals surface area contributed by atoms with Gasteiger partial charge >= 0.3 is 0 Å². The van der Waals surface area contributed by atoms with Gasteiger partial charge in [0.25, 0.3) is 5.91 Å². The van der Waals surface area contributed by atoms with Gasteiger partial charge in [0.2, 0.25) is 5.91 Å². The number of carbonyl (C=O) groups is 2. The predicted octanol–water partition coefficient (Wildman–Crippen LogP) is 4.18. The number of thiazole rings is 1. The highest BCUT2D eigenvalue weighted by molar-refractivity contribution is 7.18. The molecular weight excluding hydrogens is 370 g/mol. The Balaban J connectivity index is 1.44. The second-order valence-electron chi connectivity index (χ2n) is 7.44. The molecule has 2 aromatic carbocycles. The summed E-state index contributed by atoms with van der Waals surface area (Å²) >= 11 is 1.69. The van der Waals surface area contributed by atoms with Crippen molar-refractivity contribution in [3.8, 4) is 0 Å². The van der Waals surface area contributed by atoms with E-state index in [2.05, 4.69) is 6.07 Å². The molecular formula is C22H21N3O2S. The molecule has 6 heteroatoms. The largest absolute Gasteiger partial charge is 0.329 e. The van der Waals surface area contributed by atoms with E-state index in [4.69, 9.17) is 4.98 Å². The third kappa shape index (κ3) is 2.79. The molecule has 0 N–H and O–H groups in total. The van der Waals surface area contributed by atoms with Crippen LogP contribution in [0.25, 0.3) is 10.2 Å². The predicted molar refractivity (Wildman–Crippen MR) is 111 cm³/mol. The summed E-state index contributed by atoms with van der Waals surface area (Å²) in [7, 11) is 0. The number of hydrogen-bond donors (Lipinski definition) is 0. The number of para-hydroxylation sites is 1. The highest BCUT2D eigenvalue weighted by Gasteiger charge is 2.33. The van der Waals surface area contributed by atoms with Crippen LogP contribution in [0.2, 0.25) is 0 Å².